The molecule has 3 aliphatic heterocycles. The molecule has 2 N–H and O–H groups in total. The third-order valence-electron chi connectivity index (χ3n) is 6.83. The maximum Gasteiger partial charge on any atom is 0.230 e. The van der Waals surface area contributed by atoms with Crippen LogP contribution < -0.4 is 5.32 Å². The first-order chi connectivity index (χ1) is 14.5. The number of rotatable bonds is 7. The molecule has 4 heterocycles. The minimum absolute atomic E-state index is 0.0469. The second kappa shape index (κ2) is 7.27. The second-order valence-corrected chi connectivity index (χ2v) is 9.24. The average molecular weight is 408 g/mol. The lowest BCUT2D eigenvalue weighted by Gasteiger charge is -2.23. The summed E-state index contributed by atoms with van der Waals surface area (Å²) in [5, 5.41) is 4.23. The van der Waals surface area contributed by atoms with Gasteiger partial charge < -0.3 is 19.9 Å². The van der Waals surface area contributed by atoms with Crippen LogP contribution in [-0.4, -0.2) is 53.0 Å². The first-order valence-electron chi connectivity index (χ1n) is 11.0. The number of nitrogens with one attached hydrogen (secondary N) is 2. The van der Waals surface area contributed by atoms with Gasteiger partial charge in [0.1, 0.15) is 5.60 Å². The summed E-state index contributed by atoms with van der Waals surface area (Å²) in [5.41, 5.74) is 1.68. The molecule has 3 aliphatic rings. The highest BCUT2D eigenvalue weighted by atomic mass is 16.5. The van der Waals surface area contributed by atoms with Crippen LogP contribution >= 0.6 is 0 Å². The van der Waals surface area contributed by atoms with E-state index in [0.717, 1.165) is 18.4 Å². The second-order valence-electron chi connectivity index (χ2n) is 9.24. The van der Waals surface area contributed by atoms with Gasteiger partial charge in [0.15, 0.2) is 0 Å². The molecule has 6 heteroatoms. The van der Waals surface area contributed by atoms with E-state index in [-0.39, 0.29) is 17.9 Å². The highest BCUT2D eigenvalue weighted by Gasteiger charge is 2.66. The Kier molecular flexibility index (Phi) is 4.69. The van der Waals surface area contributed by atoms with E-state index in [1.807, 2.05) is 35.4 Å². The van der Waals surface area contributed by atoms with Gasteiger partial charge in [-0.15, -0.1) is 0 Å². The van der Waals surface area contributed by atoms with Gasteiger partial charge in [-0.2, -0.15) is 0 Å². The van der Waals surface area contributed by atoms with Gasteiger partial charge >= 0.3 is 0 Å². The zero-order chi connectivity index (χ0) is 20.9. The van der Waals surface area contributed by atoms with Crippen molar-refractivity contribution in [2.24, 2.45) is 17.8 Å². The SMILES string of the molecule is CC(C)CCNC(=O)[C@H]1[C@H]2C(=O)N(CCc3c[nH]c4ccccc34)C[C@@]23C=C[C@H]1O3. The van der Waals surface area contributed by atoms with Gasteiger partial charge in [-0.25, -0.2) is 0 Å². The third-order valence-corrected chi connectivity index (χ3v) is 6.83. The molecule has 2 fully saturated rings. The summed E-state index contributed by atoms with van der Waals surface area (Å²) >= 11 is 0. The van der Waals surface area contributed by atoms with Crippen molar-refractivity contribution in [2.75, 3.05) is 19.6 Å². The van der Waals surface area contributed by atoms with E-state index in [1.165, 1.54) is 10.9 Å². The first-order valence-corrected chi connectivity index (χ1v) is 11.0. The molecule has 2 aromatic rings. The number of fused-ring (bicyclic) bond motifs is 2. The highest BCUT2D eigenvalue weighted by Crippen LogP contribution is 2.51. The number of aromatic nitrogens is 1. The number of hydrogen-bond donors (Lipinski definition) is 2. The molecular formula is C24H29N3O3. The molecule has 1 spiro atoms. The molecule has 158 valence electrons. The number of hydrogen-bond acceptors (Lipinski definition) is 3. The Balaban J connectivity index is 1.29. The predicted molar refractivity (Wildman–Crippen MR) is 115 cm³/mol. The largest absolute Gasteiger partial charge is 0.361 e. The Labute approximate surface area is 176 Å². The van der Waals surface area contributed by atoms with Gasteiger partial charge in [-0.05, 0) is 30.4 Å². The van der Waals surface area contributed by atoms with Crippen molar-refractivity contribution in [2.45, 2.75) is 38.4 Å². The maximum atomic E-state index is 13.3. The van der Waals surface area contributed by atoms with Gasteiger partial charge in [-0.3, -0.25) is 9.59 Å². The fourth-order valence-electron chi connectivity index (χ4n) is 5.26. The van der Waals surface area contributed by atoms with Crippen molar-refractivity contribution in [3.05, 3.63) is 48.2 Å². The lowest BCUT2D eigenvalue weighted by molar-refractivity contribution is -0.137. The van der Waals surface area contributed by atoms with Gasteiger partial charge in [0.05, 0.1) is 24.5 Å². The normalized spacial score (nSPS) is 29.4. The summed E-state index contributed by atoms with van der Waals surface area (Å²) in [6.45, 7) is 6.07. The first kappa shape index (κ1) is 19.4. The highest BCUT2D eigenvalue weighted by molar-refractivity contribution is 5.93. The van der Waals surface area contributed by atoms with Crippen LogP contribution in [0.5, 0.6) is 0 Å². The molecule has 0 saturated carbocycles. The topological polar surface area (TPSA) is 74.4 Å². The van der Waals surface area contributed by atoms with E-state index < -0.39 is 17.4 Å². The van der Waals surface area contributed by atoms with Crippen LogP contribution in [-0.2, 0) is 20.7 Å². The monoisotopic (exact) mass is 407 g/mol. The number of ether oxygens (including phenoxy) is 1. The molecule has 1 aromatic carbocycles. The summed E-state index contributed by atoms with van der Waals surface area (Å²) in [6.07, 6.45) is 7.44. The number of nitrogens with zero attached hydrogens (tertiary/aromatic N) is 1. The fourth-order valence-corrected chi connectivity index (χ4v) is 5.26. The maximum absolute atomic E-state index is 13.3. The van der Waals surface area contributed by atoms with E-state index in [9.17, 15) is 9.59 Å². The smallest absolute Gasteiger partial charge is 0.230 e. The zero-order valence-corrected chi connectivity index (χ0v) is 17.6. The van der Waals surface area contributed by atoms with Crippen molar-refractivity contribution in [3.8, 4) is 0 Å². The molecule has 2 saturated heterocycles. The van der Waals surface area contributed by atoms with Crippen LogP contribution in [0.1, 0.15) is 25.8 Å². The van der Waals surface area contributed by atoms with Crippen molar-refractivity contribution in [1.29, 1.82) is 0 Å². The minimum Gasteiger partial charge on any atom is -0.361 e. The van der Waals surface area contributed by atoms with E-state index >= 15 is 0 Å². The van der Waals surface area contributed by atoms with Crippen LogP contribution in [0.3, 0.4) is 0 Å². The molecule has 0 unspecified atom stereocenters. The number of para-hydroxylation sites is 1. The van der Waals surface area contributed by atoms with E-state index in [2.05, 4.69) is 36.3 Å². The fraction of sp³-hybridized carbons (Fsp3) is 0.500. The molecule has 0 aliphatic carbocycles. The number of carbonyl (C=O) groups excluding carboxylic acids is 2. The average Bonchev–Trinajstić information content (AvgIpc) is 3.46. The summed E-state index contributed by atoms with van der Waals surface area (Å²) in [7, 11) is 0. The Hall–Kier alpha value is -2.60. The quantitative estimate of drug-likeness (QED) is 0.693. The Bertz CT molecular complexity index is 1010. The van der Waals surface area contributed by atoms with Gasteiger partial charge in [0.2, 0.25) is 11.8 Å². The Morgan fingerprint density at radius 3 is 3.03 bits per heavy atom. The molecule has 2 amide bonds. The summed E-state index contributed by atoms with van der Waals surface area (Å²) in [5.74, 6) is -0.308. The van der Waals surface area contributed by atoms with Crippen molar-refractivity contribution in [3.63, 3.8) is 0 Å². The number of aromatic amines is 1. The van der Waals surface area contributed by atoms with Crippen molar-refractivity contribution >= 4 is 22.7 Å². The summed E-state index contributed by atoms with van der Waals surface area (Å²) < 4.78 is 6.21. The van der Waals surface area contributed by atoms with Crippen LogP contribution in [0.4, 0.5) is 0 Å². The standard InChI is InChI=1S/C24H29N3O3/c1-15(2)8-11-25-22(28)20-19-7-10-24(30-19)14-27(23(29)21(20)24)12-9-16-13-26-18-6-4-3-5-17(16)18/h3-7,10,13,15,19-21,26H,8-9,11-12,14H2,1-2H3,(H,25,28)/t19-,20-,21+,24+/m1/s1. The lowest BCUT2D eigenvalue weighted by Crippen LogP contribution is -2.44. The number of amides is 2. The zero-order valence-electron chi connectivity index (χ0n) is 17.6. The molecule has 2 bridgehead atoms. The van der Waals surface area contributed by atoms with Crippen LogP contribution in [0.25, 0.3) is 10.9 Å². The molecule has 0 radical (unpaired) electrons. The molecular weight excluding hydrogens is 378 g/mol. The predicted octanol–water partition coefficient (Wildman–Crippen LogP) is 2.65. The molecule has 30 heavy (non-hydrogen) atoms. The van der Waals surface area contributed by atoms with E-state index in [1.54, 1.807) is 0 Å². The third kappa shape index (κ3) is 3.05. The minimum atomic E-state index is -0.637. The number of likely N-dealkylation sites (tertiary alicyclic amines) is 1. The van der Waals surface area contributed by atoms with Crippen molar-refractivity contribution < 1.29 is 14.3 Å². The van der Waals surface area contributed by atoms with Crippen LogP contribution in [0, 0.1) is 17.8 Å². The number of H-pyrrole nitrogens is 1. The Morgan fingerprint density at radius 2 is 2.20 bits per heavy atom. The van der Waals surface area contributed by atoms with Gasteiger partial charge in [0.25, 0.3) is 0 Å². The molecule has 6 nitrogen and oxygen atoms in total. The van der Waals surface area contributed by atoms with Crippen LogP contribution in [0.15, 0.2) is 42.6 Å². The van der Waals surface area contributed by atoms with Crippen molar-refractivity contribution in [1.82, 2.24) is 15.2 Å². The molecule has 4 atom stereocenters. The number of carbonyl (C=O) groups is 2. The van der Waals surface area contributed by atoms with Gasteiger partial charge in [0, 0.05) is 30.2 Å². The summed E-state index contributed by atoms with van der Waals surface area (Å²) in [6, 6.07) is 8.21. The molecule has 5 rings (SSSR count). The molecule has 1 aromatic heterocycles. The van der Waals surface area contributed by atoms with Gasteiger partial charge in [-0.1, -0.05) is 44.2 Å². The number of benzene rings is 1. The van der Waals surface area contributed by atoms with E-state index in [4.69, 9.17) is 4.74 Å². The van der Waals surface area contributed by atoms with Crippen LogP contribution in [0.2, 0.25) is 0 Å². The lowest BCUT2D eigenvalue weighted by atomic mass is 9.77. The van der Waals surface area contributed by atoms with E-state index in [0.29, 0.717) is 25.6 Å². The summed E-state index contributed by atoms with van der Waals surface area (Å²) in [4.78, 5) is 31.4. The Morgan fingerprint density at radius 1 is 1.37 bits per heavy atom.